The van der Waals surface area contributed by atoms with Crippen LogP contribution in [0, 0.1) is 0 Å². The van der Waals surface area contributed by atoms with Crippen LogP contribution in [0.3, 0.4) is 0 Å². The monoisotopic (exact) mass is 311 g/mol. The first-order chi connectivity index (χ1) is 8.06. The molecule has 2 N–H and O–H groups in total. The van der Waals surface area contributed by atoms with Gasteiger partial charge in [-0.25, -0.2) is 8.42 Å². The predicted octanol–water partition coefficient (Wildman–Crippen LogP) is 2.13. The molecule has 0 fully saturated rings. The summed E-state index contributed by atoms with van der Waals surface area (Å²) in [7, 11) is -4.06. The third-order valence-corrected chi connectivity index (χ3v) is 4.48. The molecule has 8 heteroatoms. The number of carbonyl (C=O) groups is 1. The molecule has 0 amide bonds. The largest absolute Gasteiger partial charge is 0.480 e. The molecule has 0 heterocycles. The van der Waals surface area contributed by atoms with Gasteiger partial charge in [0.05, 0.1) is 5.02 Å². The Bertz CT molecular complexity index is 584. The van der Waals surface area contributed by atoms with E-state index in [1.807, 2.05) is 4.72 Å². The van der Waals surface area contributed by atoms with Crippen LogP contribution in [0.4, 0.5) is 0 Å². The highest BCUT2D eigenvalue weighted by Gasteiger charge is 2.33. The molecular weight excluding hydrogens is 301 g/mol. The Kier molecular flexibility index (Phi) is 4.27. The van der Waals surface area contributed by atoms with Crippen LogP contribution in [0.2, 0.25) is 10.0 Å². The van der Waals surface area contributed by atoms with Gasteiger partial charge in [-0.2, -0.15) is 4.72 Å². The first kappa shape index (κ1) is 15.2. The molecule has 0 atom stereocenters. The minimum Gasteiger partial charge on any atom is -0.480 e. The summed E-state index contributed by atoms with van der Waals surface area (Å²) < 4.78 is 26.1. The maximum Gasteiger partial charge on any atom is 0.324 e. The summed E-state index contributed by atoms with van der Waals surface area (Å²) in [6.07, 6.45) is 0. The van der Waals surface area contributed by atoms with E-state index in [2.05, 4.69) is 0 Å². The van der Waals surface area contributed by atoms with Crippen molar-refractivity contribution < 1.29 is 18.3 Å². The van der Waals surface area contributed by atoms with Gasteiger partial charge in [0, 0.05) is 5.02 Å². The van der Waals surface area contributed by atoms with Gasteiger partial charge in [0.2, 0.25) is 10.0 Å². The lowest BCUT2D eigenvalue weighted by Crippen LogP contribution is -2.49. The van der Waals surface area contributed by atoms with Crippen molar-refractivity contribution in [3.63, 3.8) is 0 Å². The first-order valence-electron chi connectivity index (χ1n) is 4.79. The van der Waals surface area contributed by atoms with E-state index in [4.69, 9.17) is 28.3 Å². The maximum atomic E-state index is 12.0. The fourth-order valence-electron chi connectivity index (χ4n) is 1.12. The second kappa shape index (κ2) is 5.05. The van der Waals surface area contributed by atoms with E-state index >= 15 is 0 Å². The van der Waals surface area contributed by atoms with E-state index in [1.54, 1.807) is 0 Å². The molecule has 0 saturated heterocycles. The van der Waals surface area contributed by atoms with Gasteiger partial charge >= 0.3 is 5.97 Å². The molecular formula is C10H11Cl2NO4S. The molecule has 0 aliphatic heterocycles. The van der Waals surface area contributed by atoms with Crippen molar-refractivity contribution in [1.82, 2.24) is 4.72 Å². The van der Waals surface area contributed by atoms with Crippen molar-refractivity contribution >= 4 is 39.2 Å². The van der Waals surface area contributed by atoms with Gasteiger partial charge in [-0.1, -0.05) is 23.2 Å². The molecule has 100 valence electrons. The number of nitrogens with one attached hydrogen (secondary N) is 1. The number of hydrogen-bond acceptors (Lipinski definition) is 3. The highest BCUT2D eigenvalue weighted by Crippen LogP contribution is 2.25. The van der Waals surface area contributed by atoms with E-state index in [0.29, 0.717) is 0 Å². The number of halogens is 2. The number of hydrogen-bond donors (Lipinski definition) is 2. The quantitative estimate of drug-likeness (QED) is 0.892. The predicted molar refractivity (Wildman–Crippen MR) is 68.5 cm³/mol. The van der Waals surface area contributed by atoms with E-state index in [0.717, 1.165) is 6.07 Å². The number of carboxylic acids is 1. The zero-order valence-electron chi connectivity index (χ0n) is 9.57. The number of sulfonamides is 1. The minimum absolute atomic E-state index is 0.0342. The molecule has 0 unspecified atom stereocenters. The molecule has 0 radical (unpaired) electrons. The van der Waals surface area contributed by atoms with Crippen LogP contribution >= 0.6 is 23.2 Å². The molecule has 0 spiro atoms. The van der Waals surface area contributed by atoms with Crippen LogP contribution in [0.5, 0.6) is 0 Å². The lowest BCUT2D eigenvalue weighted by Gasteiger charge is -2.21. The third-order valence-electron chi connectivity index (χ3n) is 2.11. The smallest absolute Gasteiger partial charge is 0.324 e. The number of aliphatic carboxylic acids is 1. The molecule has 0 aromatic heterocycles. The van der Waals surface area contributed by atoms with Gasteiger partial charge in [0.15, 0.2) is 0 Å². The normalized spacial score (nSPS) is 12.4. The van der Waals surface area contributed by atoms with Crippen molar-refractivity contribution in [3.05, 3.63) is 28.2 Å². The third kappa shape index (κ3) is 3.35. The van der Waals surface area contributed by atoms with Gasteiger partial charge in [0.25, 0.3) is 0 Å². The summed E-state index contributed by atoms with van der Waals surface area (Å²) in [6, 6.07) is 3.92. The Balaban J connectivity index is 3.23. The van der Waals surface area contributed by atoms with Crippen molar-refractivity contribution in [2.24, 2.45) is 0 Å². The summed E-state index contributed by atoms with van der Waals surface area (Å²) in [5.74, 6) is -1.30. The minimum atomic E-state index is -4.06. The highest BCUT2D eigenvalue weighted by molar-refractivity contribution is 7.89. The van der Waals surface area contributed by atoms with Gasteiger partial charge in [-0.15, -0.1) is 0 Å². The van der Waals surface area contributed by atoms with Gasteiger partial charge in [0.1, 0.15) is 10.4 Å². The Morgan fingerprint density at radius 2 is 1.89 bits per heavy atom. The highest BCUT2D eigenvalue weighted by atomic mass is 35.5. The second-order valence-corrected chi connectivity index (χ2v) is 6.60. The van der Waals surface area contributed by atoms with Crippen LogP contribution < -0.4 is 4.72 Å². The zero-order valence-corrected chi connectivity index (χ0v) is 11.9. The Hall–Kier alpha value is -0.820. The van der Waals surface area contributed by atoms with Crippen LogP contribution in [0.15, 0.2) is 23.1 Å². The first-order valence-corrected chi connectivity index (χ1v) is 7.02. The summed E-state index contributed by atoms with van der Waals surface area (Å²) in [5, 5.41) is 9.04. The lowest BCUT2D eigenvalue weighted by atomic mass is 10.1. The summed E-state index contributed by atoms with van der Waals surface area (Å²) in [6.45, 7) is 2.46. The molecule has 0 aliphatic rings. The van der Waals surface area contributed by atoms with E-state index in [-0.39, 0.29) is 14.9 Å². The zero-order chi connectivity index (χ0) is 14.1. The Morgan fingerprint density at radius 1 is 1.33 bits per heavy atom. The fourth-order valence-corrected chi connectivity index (χ4v) is 3.25. The molecule has 5 nitrogen and oxygen atoms in total. The fraction of sp³-hybridized carbons (Fsp3) is 0.300. The van der Waals surface area contributed by atoms with Gasteiger partial charge in [-0.05, 0) is 32.0 Å². The average molecular weight is 312 g/mol. The summed E-state index contributed by atoms with van der Waals surface area (Å²) in [4.78, 5) is 10.6. The van der Waals surface area contributed by atoms with Crippen LogP contribution in [-0.2, 0) is 14.8 Å². The van der Waals surface area contributed by atoms with Crippen molar-refractivity contribution in [2.75, 3.05) is 0 Å². The molecule has 1 aromatic rings. The molecule has 18 heavy (non-hydrogen) atoms. The van der Waals surface area contributed by atoms with Crippen molar-refractivity contribution in [2.45, 2.75) is 24.3 Å². The van der Waals surface area contributed by atoms with E-state index in [9.17, 15) is 13.2 Å². The Morgan fingerprint density at radius 3 is 2.39 bits per heavy atom. The molecule has 0 bridgehead atoms. The maximum absolute atomic E-state index is 12.0. The van der Waals surface area contributed by atoms with Crippen LogP contribution in [0.25, 0.3) is 0 Å². The average Bonchev–Trinajstić information content (AvgIpc) is 2.19. The molecule has 0 saturated carbocycles. The van der Waals surface area contributed by atoms with Crippen molar-refractivity contribution in [3.8, 4) is 0 Å². The Labute approximate surface area is 115 Å². The van der Waals surface area contributed by atoms with E-state index < -0.39 is 21.5 Å². The number of carboxylic acid groups (broad SMARTS) is 1. The SMILES string of the molecule is CC(C)(NS(=O)(=O)c1cc(Cl)ccc1Cl)C(=O)O. The molecule has 1 rings (SSSR count). The summed E-state index contributed by atoms with van der Waals surface area (Å²) in [5.41, 5.74) is -1.65. The lowest BCUT2D eigenvalue weighted by molar-refractivity contribution is -0.142. The van der Waals surface area contributed by atoms with Crippen LogP contribution in [-0.4, -0.2) is 25.0 Å². The van der Waals surface area contributed by atoms with Crippen molar-refractivity contribution in [1.29, 1.82) is 0 Å². The molecule has 0 aliphatic carbocycles. The second-order valence-electron chi connectivity index (χ2n) is 4.11. The molecule has 1 aromatic carbocycles. The topological polar surface area (TPSA) is 83.5 Å². The summed E-state index contributed by atoms with van der Waals surface area (Å²) >= 11 is 11.5. The number of benzene rings is 1. The van der Waals surface area contributed by atoms with E-state index in [1.165, 1.54) is 26.0 Å². The standard InChI is InChI=1S/C10H11Cl2NO4S/c1-10(2,9(14)15)13-18(16,17)8-5-6(11)3-4-7(8)12/h3-5,13H,1-2H3,(H,14,15). The van der Waals surface area contributed by atoms with Gasteiger partial charge in [-0.3, -0.25) is 4.79 Å². The van der Waals surface area contributed by atoms with Gasteiger partial charge < -0.3 is 5.11 Å². The number of rotatable bonds is 4. The van der Waals surface area contributed by atoms with Crippen LogP contribution in [0.1, 0.15) is 13.8 Å².